The standard InChI is InChI=1S/C71H29F30N3/c72-62(73,74)40-14-36(15-41(26-40)63(75,76)77)32-4-8-54-48(22-32)49-23-33(37-16-42(64(78,79)80)27-43(17-37)65(81,82)83)5-9-55(49)103(54)58-12-31(30-102)13-59(61(58)60-52(70(96,97)98)2-1-3-53(60)71(99,100)101)104-56-10-6-34(38-18-44(66(84,85)86)28-45(19-38)67(87,88)89)24-50(56)51-25-35(7-11-57(51)104)39-20-46(68(90,91)92)29-47(21-39)69(93,94)95/h1-29H. The van der Waals surface area contributed by atoms with Crippen LogP contribution in [0, 0.1) is 11.3 Å². The first kappa shape index (κ1) is 73.0. The largest absolute Gasteiger partial charge is 0.417 e. The van der Waals surface area contributed by atoms with Crippen LogP contribution in [0.1, 0.15) is 61.2 Å². The van der Waals surface area contributed by atoms with Crippen LogP contribution in [0.5, 0.6) is 0 Å². The summed E-state index contributed by atoms with van der Waals surface area (Å²) >= 11 is 0. The summed E-state index contributed by atoms with van der Waals surface area (Å²) in [6, 6.07) is 13.1. The van der Waals surface area contributed by atoms with Crippen LogP contribution in [0.4, 0.5) is 132 Å². The first-order valence-corrected chi connectivity index (χ1v) is 29.0. The van der Waals surface area contributed by atoms with Gasteiger partial charge in [-0.1, -0.05) is 30.3 Å². The Morgan fingerprint density at radius 3 is 0.615 bits per heavy atom. The number of fused-ring (bicyclic) bond motifs is 6. The van der Waals surface area contributed by atoms with Gasteiger partial charge in [0, 0.05) is 32.7 Å². The fourth-order valence-corrected chi connectivity index (χ4v) is 12.3. The second-order valence-electron chi connectivity index (χ2n) is 23.5. The fourth-order valence-electron chi connectivity index (χ4n) is 12.3. The zero-order chi connectivity index (χ0) is 76.3. The van der Waals surface area contributed by atoms with E-state index in [0.717, 1.165) is 72.8 Å². The van der Waals surface area contributed by atoms with Gasteiger partial charge in [0.2, 0.25) is 0 Å². The molecule has 0 unspecified atom stereocenters. The van der Waals surface area contributed by atoms with Crippen molar-refractivity contribution in [2.45, 2.75) is 61.8 Å². The molecule has 2 heterocycles. The van der Waals surface area contributed by atoms with Crippen molar-refractivity contribution in [3.05, 3.63) is 237 Å². The van der Waals surface area contributed by atoms with Crippen molar-refractivity contribution >= 4 is 43.6 Å². The lowest BCUT2D eigenvalue weighted by molar-refractivity contribution is -0.144. The van der Waals surface area contributed by atoms with Gasteiger partial charge in [-0.15, -0.1) is 0 Å². The summed E-state index contributed by atoms with van der Waals surface area (Å²) in [5.74, 6) is 0. The van der Waals surface area contributed by atoms with Gasteiger partial charge < -0.3 is 9.13 Å². The van der Waals surface area contributed by atoms with Gasteiger partial charge in [0.25, 0.3) is 0 Å². The SMILES string of the molecule is N#Cc1cc(-n2c3ccc(-c4cc(C(F)(F)F)cc(C(F)(F)F)c4)cc3c3cc(-c4cc(C(F)(F)F)cc(C(F)(F)F)c4)ccc32)c(-c2c(C(F)(F)F)cccc2C(F)(F)F)c(-n2c3ccc(-c4cc(C(F)(F)F)cc(C(F)(F)F)c4)cc3c3cc(-c4cc(C(F)(F)F)cc(C(F)(F)F)c4)ccc32)c1. The Labute approximate surface area is 560 Å². The Morgan fingerprint density at radius 2 is 0.433 bits per heavy atom. The molecule has 33 heteroatoms. The van der Waals surface area contributed by atoms with Crippen LogP contribution in [0.25, 0.3) is 111 Å². The quantitative estimate of drug-likeness (QED) is 0.146. The average Bonchev–Trinajstić information content (AvgIpc) is 1.48. The molecule has 12 aromatic rings. The summed E-state index contributed by atoms with van der Waals surface area (Å²) in [5, 5.41) is 8.67. The van der Waals surface area contributed by atoms with Crippen LogP contribution in [-0.4, -0.2) is 9.13 Å². The van der Waals surface area contributed by atoms with E-state index < -0.39 is 234 Å². The normalized spacial score (nSPS) is 13.5. The third-order valence-corrected chi connectivity index (χ3v) is 16.8. The number of rotatable bonds is 7. The zero-order valence-corrected chi connectivity index (χ0v) is 50.4. The molecule has 0 fully saturated rings. The lowest BCUT2D eigenvalue weighted by Crippen LogP contribution is -2.16. The van der Waals surface area contributed by atoms with Crippen molar-refractivity contribution < 1.29 is 132 Å². The topological polar surface area (TPSA) is 33.6 Å². The number of halogens is 30. The lowest BCUT2D eigenvalue weighted by Gasteiger charge is -2.25. The summed E-state index contributed by atoms with van der Waals surface area (Å²) in [4.78, 5) is 0. The Kier molecular flexibility index (Phi) is 16.9. The van der Waals surface area contributed by atoms with Crippen molar-refractivity contribution in [3.63, 3.8) is 0 Å². The van der Waals surface area contributed by atoms with E-state index in [-0.39, 0.29) is 91.0 Å². The number of aromatic nitrogens is 2. The Hall–Kier alpha value is -10.8. The maximum atomic E-state index is 16.1. The number of alkyl halides is 30. The minimum Gasteiger partial charge on any atom is -0.308 e. The summed E-state index contributed by atoms with van der Waals surface area (Å²) in [6.45, 7) is 0. The van der Waals surface area contributed by atoms with Crippen LogP contribution < -0.4 is 0 Å². The minimum atomic E-state index is -5.95. The molecule has 0 bridgehead atoms. The predicted octanol–water partition coefficient (Wildman–Crippen LogP) is 26.3. The van der Waals surface area contributed by atoms with Crippen LogP contribution in [0.3, 0.4) is 0 Å². The summed E-state index contributed by atoms with van der Waals surface area (Å²) in [5.41, 5.74) is -34.8. The molecule has 0 atom stereocenters. The van der Waals surface area contributed by atoms with Gasteiger partial charge in [-0.05, 0) is 190 Å². The summed E-state index contributed by atoms with van der Waals surface area (Å²) in [7, 11) is 0. The van der Waals surface area contributed by atoms with Gasteiger partial charge >= 0.3 is 61.8 Å². The third-order valence-electron chi connectivity index (χ3n) is 16.8. The summed E-state index contributed by atoms with van der Waals surface area (Å²) in [6.07, 6.45) is -56.2. The van der Waals surface area contributed by atoms with Crippen molar-refractivity contribution in [1.29, 1.82) is 5.26 Å². The minimum absolute atomic E-state index is 0.105. The summed E-state index contributed by atoms with van der Waals surface area (Å²) < 4.78 is 444. The van der Waals surface area contributed by atoms with E-state index in [1.165, 1.54) is 0 Å². The molecule has 104 heavy (non-hydrogen) atoms. The average molecular weight is 1490 g/mol. The van der Waals surface area contributed by atoms with Crippen molar-refractivity contribution in [3.8, 4) is 73.1 Å². The van der Waals surface area contributed by atoms with Crippen LogP contribution in [0.2, 0.25) is 0 Å². The first-order valence-electron chi connectivity index (χ1n) is 29.0. The molecule has 0 aliphatic carbocycles. The van der Waals surface area contributed by atoms with Crippen LogP contribution in [0.15, 0.2) is 176 Å². The smallest absolute Gasteiger partial charge is 0.308 e. The number of hydrogen-bond acceptors (Lipinski definition) is 1. The Morgan fingerprint density at radius 1 is 0.221 bits per heavy atom. The highest BCUT2D eigenvalue weighted by Gasteiger charge is 2.46. The molecule has 0 spiro atoms. The third kappa shape index (κ3) is 13.6. The van der Waals surface area contributed by atoms with Crippen molar-refractivity contribution in [2.75, 3.05) is 0 Å². The zero-order valence-electron chi connectivity index (χ0n) is 50.4. The van der Waals surface area contributed by atoms with E-state index in [2.05, 4.69) is 0 Å². The van der Waals surface area contributed by atoms with Gasteiger partial charge in [0.15, 0.2) is 0 Å². The second kappa shape index (κ2) is 24.1. The van der Waals surface area contributed by atoms with Crippen LogP contribution in [-0.2, 0) is 61.8 Å². The number of hydrogen-bond donors (Lipinski definition) is 0. The molecule has 2 aromatic heterocycles. The molecule has 0 amide bonds. The molecule has 0 saturated carbocycles. The number of nitriles is 1. The van der Waals surface area contributed by atoms with E-state index in [9.17, 15) is 111 Å². The Balaban J connectivity index is 1.28. The predicted molar refractivity (Wildman–Crippen MR) is 317 cm³/mol. The van der Waals surface area contributed by atoms with E-state index in [4.69, 9.17) is 0 Å². The van der Waals surface area contributed by atoms with E-state index in [1.807, 2.05) is 0 Å². The highest BCUT2D eigenvalue weighted by Crippen LogP contribution is 2.53. The fraction of sp³-hybridized carbons (Fsp3) is 0.141. The molecule has 0 aliphatic heterocycles. The molecule has 0 N–H and O–H groups in total. The first-order chi connectivity index (χ1) is 47.8. The number of nitrogens with zero attached hydrogens (tertiary/aromatic N) is 3. The maximum Gasteiger partial charge on any atom is 0.417 e. The van der Waals surface area contributed by atoms with E-state index in [0.29, 0.717) is 21.3 Å². The van der Waals surface area contributed by atoms with Gasteiger partial charge in [0.1, 0.15) is 0 Å². The molecular weight excluding hydrogens is 1460 g/mol. The Bertz CT molecular complexity index is 4810. The second-order valence-corrected chi connectivity index (χ2v) is 23.5. The molecule has 12 rings (SSSR count). The van der Waals surface area contributed by atoms with E-state index >= 15 is 26.3 Å². The molecule has 3 nitrogen and oxygen atoms in total. The number of benzene rings is 10. The molecule has 10 aromatic carbocycles. The monoisotopic (exact) mass is 1490 g/mol. The highest BCUT2D eigenvalue weighted by atomic mass is 19.4. The molecule has 0 radical (unpaired) electrons. The lowest BCUT2D eigenvalue weighted by atomic mass is 9.89. The molecule has 0 saturated heterocycles. The highest BCUT2D eigenvalue weighted by molar-refractivity contribution is 6.15. The van der Waals surface area contributed by atoms with Crippen LogP contribution >= 0.6 is 0 Å². The van der Waals surface area contributed by atoms with Gasteiger partial charge in [-0.25, -0.2) is 0 Å². The van der Waals surface area contributed by atoms with Crippen molar-refractivity contribution in [2.24, 2.45) is 0 Å². The molecule has 538 valence electrons. The van der Waals surface area contributed by atoms with Gasteiger partial charge in [-0.2, -0.15) is 137 Å². The maximum absolute atomic E-state index is 16.1. The van der Waals surface area contributed by atoms with Gasteiger partial charge in [-0.3, -0.25) is 0 Å². The molecule has 0 aliphatic rings. The van der Waals surface area contributed by atoms with Crippen molar-refractivity contribution in [1.82, 2.24) is 9.13 Å². The molecular formula is C71H29F30N3. The van der Waals surface area contributed by atoms with Gasteiger partial charge in [0.05, 0.1) is 101 Å². The van der Waals surface area contributed by atoms with E-state index in [1.54, 1.807) is 6.07 Å².